The molecule has 0 nitrogen and oxygen atoms in total. The van der Waals surface area contributed by atoms with Crippen LogP contribution in [0.25, 0.3) is 0 Å². The first-order valence-corrected chi connectivity index (χ1v) is 6.63. The van der Waals surface area contributed by atoms with Crippen LogP contribution in [0.1, 0.15) is 26.2 Å². The van der Waals surface area contributed by atoms with Crippen LogP contribution in [0.4, 0.5) is 0 Å². The third-order valence-electron chi connectivity index (χ3n) is 2.97. The van der Waals surface area contributed by atoms with Gasteiger partial charge in [-0.15, -0.1) is 0 Å². The molecule has 0 saturated carbocycles. The molecule has 2 aliphatic rings. The molecule has 0 aromatic carbocycles. The van der Waals surface area contributed by atoms with Crippen molar-refractivity contribution in [2.24, 2.45) is 0 Å². The minimum Gasteiger partial charge on any atom is -0.0926 e. The molecule has 0 radical (unpaired) electrons. The summed E-state index contributed by atoms with van der Waals surface area (Å²) in [6, 6.07) is 0. The van der Waals surface area contributed by atoms with Crippen LogP contribution in [-0.2, 0) is 0 Å². The van der Waals surface area contributed by atoms with E-state index in [2.05, 4.69) is 31.2 Å². The SMILES string of the molecule is CC1(P2CCCC2)C=CCC=C1. The summed E-state index contributed by atoms with van der Waals surface area (Å²) in [7, 11) is 0.281. The van der Waals surface area contributed by atoms with Gasteiger partial charge < -0.3 is 0 Å². The topological polar surface area (TPSA) is 0 Å². The van der Waals surface area contributed by atoms with E-state index in [1.807, 2.05) is 0 Å². The van der Waals surface area contributed by atoms with E-state index >= 15 is 0 Å². The van der Waals surface area contributed by atoms with Gasteiger partial charge >= 0.3 is 0 Å². The first kappa shape index (κ1) is 8.51. The van der Waals surface area contributed by atoms with Crippen molar-refractivity contribution in [1.82, 2.24) is 0 Å². The molecule has 1 heteroatoms. The molecule has 0 aromatic heterocycles. The average molecular weight is 180 g/mol. The molecular weight excluding hydrogens is 163 g/mol. The molecule has 0 aromatic rings. The molecular formula is C11H17P. The Hall–Kier alpha value is -0.0900. The van der Waals surface area contributed by atoms with Gasteiger partial charge in [-0.05, 0) is 38.5 Å². The number of hydrogen-bond acceptors (Lipinski definition) is 0. The summed E-state index contributed by atoms with van der Waals surface area (Å²) in [5.74, 6) is 0. The fourth-order valence-corrected chi connectivity index (χ4v) is 5.19. The molecule has 1 aliphatic heterocycles. The minimum absolute atomic E-state index is 0.281. The van der Waals surface area contributed by atoms with Gasteiger partial charge in [-0.3, -0.25) is 0 Å². The second-order valence-electron chi connectivity index (χ2n) is 3.96. The van der Waals surface area contributed by atoms with Gasteiger partial charge in [-0.2, -0.15) is 0 Å². The molecule has 1 saturated heterocycles. The van der Waals surface area contributed by atoms with Gasteiger partial charge in [0.2, 0.25) is 0 Å². The Labute approximate surface area is 76.5 Å². The summed E-state index contributed by atoms with van der Waals surface area (Å²) in [6.45, 7) is 2.41. The highest BCUT2D eigenvalue weighted by Crippen LogP contribution is 2.56. The van der Waals surface area contributed by atoms with Crippen molar-refractivity contribution in [2.45, 2.75) is 31.3 Å². The van der Waals surface area contributed by atoms with Crippen LogP contribution in [0.2, 0.25) is 0 Å². The molecule has 0 amide bonds. The van der Waals surface area contributed by atoms with Crippen LogP contribution in [0, 0.1) is 0 Å². The van der Waals surface area contributed by atoms with Gasteiger partial charge in [0, 0.05) is 5.16 Å². The van der Waals surface area contributed by atoms with Crippen LogP contribution in [0.15, 0.2) is 24.3 Å². The van der Waals surface area contributed by atoms with Gasteiger partial charge in [-0.1, -0.05) is 32.2 Å². The smallest absolute Gasteiger partial charge is 0.0234 e. The van der Waals surface area contributed by atoms with Gasteiger partial charge in [0.25, 0.3) is 0 Å². The number of allylic oxidation sites excluding steroid dienone is 4. The third-order valence-corrected chi connectivity index (χ3v) is 6.34. The van der Waals surface area contributed by atoms with E-state index in [0.717, 1.165) is 6.42 Å². The van der Waals surface area contributed by atoms with Crippen LogP contribution in [-0.4, -0.2) is 17.5 Å². The lowest BCUT2D eigenvalue weighted by Crippen LogP contribution is -2.18. The number of rotatable bonds is 1. The monoisotopic (exact) mass is 180 g/mol. The van der Waals surface area contributed by atoms with Crippen molar-refractivity contribution in [3.63, 3.8) is 0 Å². The first-order chi connectivity index (χ1) is 5.81. The summed E-state index contributed by atoms with van der Waals surface area (Å²) in [4.78, 5) is 0. The fourth-order valence-electron chi connectivity index (χ4n) is 2.16. The second-order valence-corrected chi connectivity index (χ2v) is 6.90. The number of hydrogen-bond donors (Lipinski definition) is 0. The Balaban J connectivity index is 2.12. The Kier molecular flexibility index (Phi) is 2.37. The molecule has 1 aliphatic carbocycles. The normalized spacial score (nSPS) is 28.1. The largest absolute Gasteiger partial charge is 0.0926 e. The van der Waals surface area contributed by atoms with Crippen molar-refractivity contribution in [3.8, 4) is 0 Å². The van der Waals surface area contributed by atoms with E-state index in [1.54, 1.807) is 0 Å². The standard InChI is InChI=1S/C11H17P/c1-11(7-3-2-4-8-11)12-9-5-6-10-12/h3-4,7-8H,2,5-6,9-10H2,1H3. The fraction of sp³-hybridized carbons (Fsp3) is 0.636. The van der Waals surface area contributed by atoms with Crippen molar-refractivity contribution >= 4 is 7.92 Å². The van der Waals surface area contributed by atoms with Crippen molar-refractivity contribution in [2.75, 3.05) is 12.3 Å². The molecule has 12 heavy (non-hydrogen) atoms. The molecule has 2 rings (SSSR count). The Morgan fingerprint density at radius 3 is 2.25 bits per heavy atom. The second kappa shape index (κ2) is 3.34. The van der Waals surface area contributed by atoms with Crippen molar-refractivity contribution < 1.29 is 0 Å². The van der Waals surface area contributed by atoms with E-state index in [-0.39, 0.29) is 7.92 Å². The zero-order valence-electron chi connectivity index (χ0n) is 7.79. The third kappa shape index (κ3) is 1.50. The quantitative estimate of drug-likeness (QED) is 0.427. The van der Waals surface area contributed by atoms with Crippen molar-refractivity contribution in [1.29, 1.82) is 0 Å². The lowest BCUT2D eigenvalue weighted by atomic mass is 10.1. The molecule has 0 N–H and O–H groups in total. The lowest BCUT2D eigenvalue weighted by Gasteiger charge is -2.31. The Morgan fingerprint density at radius 2 is 1.67 bits per heavy atom. The maximum atomic E-state index is 2.45. The molecule has 0 unspecified atom stereocenters. The van der Waals surface area contributed by atoms with E-state index in [9.17, 15) is 0 Å². The Morgan fingerprint density at radius 1 is 1.08 bits per heavy atom. The van der Waals surface area contributed by atoms with Crippen LogP contribution >= 0.6 is 7.92 Å². The van der Waals surface area contributed by atoms with Gasteiger partial charge in [0.15, 0.2) is 0 Å². The van der Waals surface area contributed by atoms with Gasteiger partial charge in [-0.25, -0.2) is 0 Å². The van der Waals surface area contributed by atoms with E-state index < -0.39 is 0 Å². The first-order valence-electron chi connectivity index (χ1n) is 4.92. The predicted octanol–water partition coefficient (Wildman–Crippen LogP) is 3.54. The summed E-state index contributed by atoms with van der Waals surface area (Å²) >= 11 is 0. The lowest BCUT2D eigenvalue weighted by molar-refractivity contribution is 0.949. The van der Waals surface area contributed by atoms with Gasteiger partial charge in [0.1, 0.15) is 0 Å². The highest BCUT2D eigenvalue weighted by Gasteiger charge is 2.31. The Bertz CT molecular complexity index is 197. The highest BCUT2D eigenvalue weighted by atomic mass is 31.1. The van der Waals surface area contributed by atoms with Crippen molar-refractivity contribution in [3.05, 3.63) is 24.3 Å². The average Bonchev–Trinajstić information content (AvgIpc) is 2.58. The molecule has 1 fully saturated rings. The van der Waals surface area contributed by atoms with E-state index in [0.29, 0.717) is 5.16 Å². The summed E-state index contributed by atoms with van der Waals surface area (Å²) in [6.07, 6.45) is 16.7. The zero-order valence-corrected chi connectivity index (χ0v) is 8.69. The summed E-state index contributed by atoms with van der Waals surface area (Å²) < 4.78 is 0. The van der Waals surface area contributed by atoms with Gasteiger partial charge in [0.05, 0.1) is 0 Å². The maximum Gasteiger partial charge on any atom is 0.0234 e. The molecule has 0 atom stereocenters. The molecule has 1 heterocycles. The van der Waals surface area contributed by atoms with Crippen LogP contribution < -0.4 is 0 Å². The summed E-state index contributed by atoms with van der Waals surface area (Å²) in [5, 5.41) is 0.462. The molecule has 0 bridgehead atoms. The van der Waals surface area contributed by atoms with E-state index in [4.69, 9.17) is 0 Å². The minimum atomic E-state index is 0.281. The summed E-state index contributed by atoms with van der Waals surface area (Å²) in [5.41, 5.74) is 0. The van der Waals surface area contributed by atoms with Crippen LogP contribution in [0.3, 0.4) is 0 Å². The zero-order chi connectivity index (χ0) is 8.44. The maximum absolute atomic E-state index is 2.45. The van der Waals surface area contributed by atoms with E-state index in [1.165, 1.54) is 25.2 Å². The van der Waals surface area contributed by atoms with Crippen LogP contribution in [0.5, 0.6) is 0 Å². The molecule has 0 spiro atoms. The molecule has 66 valence electrons. The predicted molar refractivity (Wildman–Crippen MR) is 57.2 cm³/mol. The highest BCUT2D eigenvalue weighted by molar-refractivity contribution is 7.60.